The molecule has 3 heterocycles. The van der Waals surface area contributed by atoms with Crippen molar-refractivity contribution in [3.05, 3.63) is 59.8 Å². The molecule has 164 valence electrons. The van der Waals surface area contributed by atoms with Crippen molar-refractivity contribution in [2.45, 2.75) is 18.0 Å². The van der Waals surface area contributed by atoms with Crippen LogP contribution in [0.5, 0.6) is 11.5 Å². The summed E-state index contributed by atoms with van der Waals surface area (Å²) in [7, 11) is 1.40. The lowest BCUT2D eigenvalue weighted by Gasteiger charge is -2.30. The number of ether oxygens (including phenoxy) is 1. The Bertz CT molecular complexity index is 1270. The topological polar surface area (TPSA) is 141 Å². The van der Waals surface area contributed by atoms with Crippen molar-refractivity contribution in [2.24, 2.45) is 11.8 Å². The number of hydrogen-bond donors (Lipinski definition) is 5. The number of carbonyl (C=O) groups excluding carboxylic acids is 2. The van der Waals surface area contributed by atoms with Crippen molar-refractivity contribution >= 4 is 28.7 Å². The van der Waals surface area contributed by atoms with Gasteiger partial charge in [-0.1, -0.05) is 30.3 Å². The first-order chi connectivity index (χ1) is 15.4. The molecule has 0 aliphatic carbocycles. The number of carboxylic acids is 1. The van der Waals surface area contributed by atoms with Gasteiger partial charge in [0.15, 0.2) is 11.5 Å². The fraction of sp³-hybridized carbons (Fsp3) is 0.261. The number of para-hydroxylation sites is 2. The van der Waals surface area contributed by atoms with Crippen LogP contribution >= 0.6 is 0 Å². The maximum absolute atomic E-state index is 12.8. The van der Waals surface area contributed by atoms with Gasteiger partial charge in [-0.25, -0.2) is 0 Å². The summed E-state index contributed by atoms with van der Waals surface area (Å²) in [5.74, 6) is -4.62. The molecular weight excluding hydrogens is 414 g/mol. The van der Waals surface area contributed by atoms with Crippen LogP contribution in [0.2, 0.25) is 0 Å². The predicted octanol–water partition coefficient (Wildman–Crippen LogP) is 1.48. The molecule has 1 aromatic heterocycles. The molecule has 4 unspecified atom stereocenters. The summed E-state index contributed by atoms with van der Waals surface area (Å²) < 4.78 is 5.17. The van der Waals surface area contributed by atoms with Crippen LogP contribution in [0.1, 0.15) is 17.2 Å². The van der Waals surface area contributed by atoms with E-state index < -0.39 is 41.2 Å². The first-order valence-corrected chi connectivity index (χ1v) is 10.1. The maximum Gasteiger partial charge on any atom is 0.325 e. The largest absolute Gasteiger partial charge is 0.504 e. The lowest BCUT2D eigenvalue weighted by Crippen LogP contribution is -2.57. The number of hydrogen-bond acceptors (Lipinski definition) is 6. The van der Waals surface area contributed by atoms with Gasteiger partial charge >= 0.3 is 5.97 Å². The highest BCUT2D eigenvalue weighted by Crippen LogP contribution is 2.50. The summed E-state index contributed by atoms with van der Waals surface area (Å²) >= 11 is 0. The van der Waals surface area contributed by atoms with Crippen LogP contribution in [0.15, 0.2) is 48.7 Å². The Hall–Kier alpha value is -3.85. The van der Waals surface area contributed by atoms with Crippen molar-refractivity contribution in [2.75, 3.05) is 7.11 Å². The lowest BCUT2D eigenvalue weighted by molar-refractivity contribution is -0.149. The number of aromatic hydroxyl groups is 1. The van der Waals surface area contributed by atoms with Crippen LogP contribution in [-0.2, 0) is 20.8 Å². The molecule has 2 aliphatic heterocycles. The third-order valence-corrected chi connectivity index (χ3v) is 6.60. The van der Waals surface area contributed by atoms with Crippen molar-refractivity contribution in [1.82, 2.24) is 15.6 Å². The summed E-state index contributed by atoms with van der Waals surface area (Å²) in [6.07, 6.45) is 1.69. The number of phenols is 1. The van der Waals surface area contributed by atoms with E-state index in [1.54, 1.807) is 24.4 Å². The van der Waals surface area contributed by atoms with E-state index >= 15 is 0 Å². The highest BCUT2D eigenvalue weighted by molar-refractivity contribution is 6.09. The van der Waals surface area contributed by atoms with Crippen LogP contribution in [0, 0.1) is 11.8 Å². The quantitative estimate of drug-likeness (QED) is 0.382. The zero-order valence-corrected chi connectivity index (χ0v) is 17.1. The lowest BCUT2D eigenvalue weighted by atomic mass is 9.76. The van der Waals surface area contributed by atoms with Gasteiger partial charge in [0.25, 0.3) is 0 Å². The number of carbonyl (C=O) groups is 3. The SMILES string of the molecule is COc1cccc(C2NC(Cc3c[nH]c4ccccc34)(C(=O)O)C3C(=O)NC(=O)C23)c1O. The van der Waals surface area contributed by atoms with Crippen LogP contribution in [0.4, 0.5) is 0 Å². The molecule has 5 N–H and O–H groups in total. The predicted molar refractivity (Wildman–Crippen MR) is 113 cm³/mol. The van der Waals surface area contributed by atoms with Crippen molar-refractivity contribution < 1.29 is 29.3 Å². The number of nitrogens with one attached hydrogen (secondary N) is 3. The Balaban J connectivity index is 1.65. The van der Waals surface area contributed by atoms with Gasteiger partial charge < -0.3 is 19.9 Å². The number of aliphatic carboxylic acids is 1. The average molecular weight is 435 g/mol. The normalized spacial score (nSPS) is 26.8. The van der Waals surface area contributed by atoms with E-state index in [1.165, 1.54) is 7.11 Å². The van der Waals surface area contributed by atoms with E-state index in [0.717, 1.165) is 10.9 Å². The molecule has 2 fully saturated rings. The molecule has 0 saturated carbocycles. The molecule has 4 atom stereocenters. The molecule has 5 rings (SSSR count). The first kappa shape index (κ1) is 20.1. The molecule has 0 spiro atoms. The first-order valence-electron chi connectivity index (χ1n) is 10.1. The number of aromatic amines is 1. The number of aromatic nitrogens is 1. The molecule has 0 radical (unpaired) electrons. The van der Waals surface area contributed by atoms with Gasteiger partial charge in [0.1, 0.15) is 5.54 Å². The van der Waals surface area contributed by atoms with Crippen molar-refractivity contribution in [3.63, 3.8) is 0 Å². The van der Waals surface area contributed by atoms with Gasteiger partial charge in [-0.2, -0.15) is 0 Å². The average Bonchev–Trinajstić information content (AvgIpc) is 3.43. The van der Waals surface area contributed by atoms with Gasteiger partial charge in [-0.05, 0) is 17.7 Å². The number of amides is 2. The number of fused-ring (bicyclic) bond motifs is 2. The molecule has 2 amide bonds. The minimum Gasteiger partial charge on any atom is -0.504 e. The van der Waals surface area contributed by atoms with Gasteiger partial charge in [0, 0.05) is 35.1 Å². The van der Waals surface area contributed by atoms with E-state index in [2.05, 4.69) is 15.6 Å². The third kappa shape index (κ3) is 2.71. The number of rotatable bonds is 5. The second-order valence-electron chi connectivity index (χ2n) is 8.19. The molecule has 9 nitrogen and oxygen atoms in total. The summed E-state index contributed by atoms with van der Waals surface area (Å²) in [6.45, 7) is 0. The molecule has 3 aromatic rings. The minimum atomic E-state index is -1.76. The van der Waals surface area contributed by atoms with E-state index in [0.29, 0.717) is 11.1 Å². The summed E-state index contributed by atoms with van der Waals surface area (Å²) in [6, 6.07) is 11.3. The standard InChI is InChI=1S/C23H21N3O6/c1-32-15-8-4-6-13(19(15)27)18-16-17(21(29)25-20(16)28)23(26-18,22(30)31)9-11-10-24-14-7-3-2-5-12(11)14/h2-8,10,16-18,24,26-27H,9H2,1H3,(H,30,31)(H,25,28,29). The number of imide groups is 1. The molecule has 32 heavy (non-hydrogen) atoms. The zero-order chi connectivity index (χ0) is 22.6. The van der Waals surface area contributed by atoms with Gasteiger partial charge in [0.2, 0.25) is 11.8 Å². The van der Waals surface area contributed by atoms with Crippen molar-refractivity contribution in [1.29, 1.82) is 0 Å². The van der Waals surface area contributed by atoms with E-state index in [9.17, 15) is 24.6 Å². The molecule has 2 saturated heterocycles. The Morgan fingerprint density at radius 3 is 2.66 bits per heavy atom. The molecule has 0 bridgehead atoms. The van der Waals surface area contributed by atoms with E-state index in [4.69, 9.17) is 4.74 Å². The third-order valence-electron chi connectivity index (χ3n) is 6.60. The summed E-state index contributed by atoms with van der Waals surface area (Å²) in [4.78, 5) is 41.4. The van der Waals surface area contributed by atoms with Crippen LogP contribution in [-0.4, -0.2) is 45.6 Å². The van der Waals surface area contributed by atoms with E-state index in [1.807, 2.05) is 24.3 Å². The Labute approximate surface area is 182 Å². The van der Waals surface area contributed by atoms with Gasteiger partial charge in [0.05, 0.1) is 18.9 Å². The second kappa shape index (κ2) is 7.10. The Morgan fingerprint density at radius 1 is 1.12 bits per heavy atom. The fourth-order valence-electron chi connectivity index (χ4n) is 5.16. The fourth-order valence-corrected chi connectivity index (χ4v) is 5.16. The van der Waals surface area contributed by atoms with Crippen LogP contribution in [0.3, 0.4) is 0 Å². The number of methoxy groups -OCH3 is 1. The zero-order valence-electron chi connectivity index (χ0n) is 17.1. The summed E-state index contributed by atoms with van der Waals surface area (Å²) in [5, 5.41) is 27.3. The highest BCUT2D eigenvalue weighted by atomic mass is 16.5. The number of benzene rings is 2. The van der Waals surface area contributed by atoms with Crippen LogP contribution in [0.25, 0.3) is 10.9 Å². The van der Waals surface area contributed by atoms with E-state index in [-0.39, 0.29) is 17.9 Å². The van der Waals surface area contributed by atoms with Gasteiger partial charge in [-0.15, -0.1) is 0 Å². The van der Waals surface area contributed by atoms with Crippen LogP contribution < -0.4 is 15.4 Å². The molecular formula is C23H21N3O6. The number of phenolic OH excluding ortho intramolecular Hbond substituents is 1. The molecule has 2 aromatic carbocycles. The number of H-pyrrole nitrogens is 1. The minimum absolute atomic E-state index is 0.0323. The smallest absolute Gasteiger partial charge is 0.325 e. The number of carboxylic acid groups (broad SMARTS) is 1. The molecule has 9 heteroatoms. The highest BCUT2D eigenvalue weighted by Gasteiger charge is 2.66. The molecule has 2 aliphatic rings. The maximum atomic E-state index is 12.8. The monoisotopic (exact) mass is 435 g/mol. The summed E-state index contributed by atoms with van der Waals surface area (Å²) in [5.41, 5.74) is 0.0844. The Kier molecular flexibility index (Phi) is 4.45. The van der Waals surface area contributed by atoms with Gasteiger partial charge in [-0.3, -0.25) is 25.0 Å². The Morgan fingerprint density at radius 2 is 1.91 bits per heavy atom. The van der Waals surface area contributed by atoms with Crippen molar-refractivity contribution in [3.8, 4) is 11.5 Å². The second-order valence-corrected chi connectivity index (χ2v) is 8.19.